The van der Waals surface area contributed by atoms with E-state index in [2.05, 4.69) is 47.8 Å². The summed E-state index contributed by atoms with van der Waals surface area (Å²) in [4.78, 5) is 2.98. The van der Waals surface area contributed by atoms with Crippen LogP contribution in [0.2, 0.25) is 0 Å². The largest absolute Gasteiger partial charge is 0.0816 e. The van der Waals surface area contributed by atoms with E-state index in [1.807, 2.05) is 5.57 Å². The van der Waals surface area contributed by atoms with Crippen LogP contribution in [-0.4, -0.2) is 0 Å². The Bertz CT molecular complexity index is 515. The monoisotopic (exact) mass is 286 g/mol. The van der Waals surface area contributed by atoms with Crippen LogP contribution in [0, 0.1) is 23.7 Å². The maximum atomic E-state index is 2.29. The second-order valence-electron chi connectivity index (χ2n) is 6.70. The summed E-state index contributed by atoms with van der Waals surface area (Å²) in [6.45, 7) is 0. The first-order chi connectivity index (χ1) is 9.37. The van der Waals surface area contributed by atoms with Crippen LogP contribution >= 0.6 is 23.5 Å². The molecule has 4 saturated carbocycles. The molecule has 0 nitrogen and oxygen atoms in total. The van der Waals surface area contributed by atoms with Gasteiger partial charge < -0.3 is 0 Å². The third-order valence-electron chi connectivity index (χ3n) is 5.51. The lowest BCUT2D eigenvalue weighted by molar-refractivity contribution is 0.0698. The fraction of sp³-hybridized carbons (Fsp3) is 0.529. The van der Waals surface area contributed by atoms with Gasteiger partial charge in [-0.1, -0.05) is 35.7 Å². The van der Waals surface area contributed by atoms with Gasteiger partial charge in [0.2, 0.25) is 0 Å². The molecule has 1 aromatic rings. The fourth-order valence-electron chi connectivity index (χ4n) is 4.98. The Morgan fingerprint density at radius 3 is 1.79 bits per heavy atom. The molecule has 4 aliphatic carbocycles. The topological polar surface area (TPSA) is 0 Å². The minimum absolute atomic E-state index is 0.945. The molecule has 1 aromatic carbocycles. The predicted molar refractivity (Wildman–Crippen MR) is 82.2 cm³/mol. The molecular formula is C17H18S2. The van der Waals surface area contributed by atoms with E-state index in [4.69, 9.17) is 0 Å². The summed E-state index contributed by atoms with van der Waals surface area (Å²) in [7, 11) is 0. The van der Waals surface area contributed by atoms with Gasteiger partial charge in [0.05, 0.1) is 0 Å². The highest BCUT2D eigenvalue weighted by atomic mass is 32.2. The Labute approximate surface area is 123 Å². The van der Waals surface area contributed by atoms with Crippen molar-refractivity contribution >= 4 is 23.5 Å². The van der Waals surface area contributed by atoms with Gasteiger partial charge in [0.1, 0.15) is 0 Å². The lowest BCUT2D eigenvalue weighted by Crippen LogP contribution is -2.40. The minimum atomic E-state index is 0.945. The summed E-state index contributed by atoms with van der Waals surface area (Å²) in [6, 6.07) is 8.93. The van der Waals surface area contributed by atoms with Crippen LogP contribution in [0.1, 0.15) is 32.1 Å². The van der Waals surface area contributed by atoms with E-state index >= 15 is 0 Å². The van der Waals surface area contributed by atoms with Crippen molar-refractivity contribution in [3.05, 3.63) is 34.1 Å². The first-order valence-electron chi connectivity index (χ1n) is 7.55. The van der Waals surface area contributed by atoms with Gasteiger partial charge in [0, 0.05) is 14.0 Å². The van der Waals surface area contributed by atoms with Gasteiger partial charge in [0.15, 0.2) is 0 Å². The van der Waals surface area contributed by atoms with Crippen LogP contribution in [0.25, 0.3) is 0 Å². The number of allylic oxidation sites excluding steroid dienone is 1. The molecule has 4 bridgehead atoms. The van der Waals surface area contributed by atoms with Gasteiger partial charge in [-0.2, -0.15) is 0 Å². The highest BCUT2D eigenvalue weighted by Crippen LogP contribution is 2.62. The van der Waals surface area contributed by atoms with Gasteiger partial charge in [0.25, 0.3) is 0 Å². The van der Waals surface area contributed by atoms with Crippen molar-refractivity contribution in [1.82, 2.24) is 0 Å². The first-order valence-corrected chi connectivity index (χ1v) is 9.19. The average Bonchev–Trinajstić information content (AvgIpc) is 2.80. The standard InChI is InChI=1S/C17H18S2/c1-2-4-15-14(3-1)18-17(19-15)16-12-6-10-5-11(8-12)9-13(16)7-10/h1-4,10-13H,5-9H2. The number of fused-ring (bicyclic) bond motifs is 1. The normalized spacial score (nSPS) is 38.9. The van der Waals surface area contributed by atoms with Crippen LogP contribution in [0.4, 0.5) is 0 Å². The zero-order valence-electron chi connectivity index (χ0n) is 11.0. The molecule has 0 saturated heterocycles. The maximum Gasteiger partial charge on any atom is 0.0497 e. The van der Waals surface area contributed by atoms with E-state index in [-0.39, 0.29) is 0 Å². The number of hydrogen-bond acceptors (Lipinski definition) is 2. The molecule has 0 radical (unpaired) electrons. The lowest BCUT2D eigenvalue weighted by atomic mass is 9.54. The van der Waals surface area contributed by atoms with Crippen molar-refractivity contribution in [1.29, 1.82) is 0 Å². The fourth-order valence-corrected chi connectivity index (χ4v) is 7.87. The van der Waals surface area contributed by atoms with E-state index in [1.54, 1.807) is 10.7 Å². The third-order valence-corrected chi connectivity index (χ3v) is 8.13. The van der Waals surface area contributed by atoms with E-state index in [0.717, 1.165) is 23.7 Å². The van der Waals surface area contributed by atoms with Crippen molar-refractivity contribution in [2.75, 3.05) is 0 Å². The third kappa shape index (κ3) is 1.69. The second-order valence-corrected chi connectivity index (χ2v) is 9.06. The van der Waals surface area contributed by atoms with Gasteiger partial charge in [-0.05, 0) is 73.5 Å². The molecule has 19 heavy (non-hydrogen) atoms. The molecule has 0 spiro atoms. The molecule has 5 aliphatic rings. The Kier molecular flexibility index (Phi) is 2.43. The Morgan fingerprint density at radius 1 is 0.737 bits per heavy atom. The van der Waals surface area contributed by atoms with Gasteiger partial charge >= 0.3 is 0 Å². The van der Waals surface area contributed by atoms with E-state index < -0.39 is 0 Å². The van der Waals surface area contributed by atoms with Crippen LogP contribution < -0.4 is 0 Å². The molecule has 1 aliphatic heterocycles. The van der Waals surface area contributed by atoms with E-state index in [0.29, 0.717) is 0 Å². The molecule has 0 atom stereocenters. The van der Waals surface area contributed by atoms with Crippen LogP contribution in [0.3, 0.4) is 0 Å². The van der Waals surface area contributed by atoms with Crippen LogP contribution in [0.5, 0.6) is 0 Å². The smallest absolute Gasteiger partial charge is 0.0497 e. The summed E-state index contributed by atoms with van der Waals surface area (Å²) >= 11 is 4.12. The summed E-state index contributed by atoms with van der Waals surface area (Å²) in [5.74, 6) is 4.04. The quantitative estimate of drug-likeness (QED) is 0.613. The summed E-state index contributed by atoms with van der Waals surface area (Å²) < 4.78 is 1.66. The Hall–Kier alpha value is -0.340. The zero-order valence-corrected chi connectivity index (χ0v) is 12.6. The number of benzene rings is 1. The predicted octanol–water partition coefficient (Wildman–Crippen LogP) is 5.55. The number of hydrogen-bond donors (Lipinski definition) is 0. The average molecular weight is 286 g/mol. The van der Waals surface area contributed by atoms with Crippen LogP contribution in [-0.2, 0) is 0 Å². The molecule has 0 aromatic heterocycles. The van der Waals surface area contributed by atoms with E-state index in [9.17, 15) is 0 Å². The van der Waals surface area contributed by atoms with Gasteiger partial charge in [-0.3, -0.25) is 0 Å². The minimum Gasteiger partial charge on any atom is -0.0816 e. The highest BCUT2D eigenvalue weighted by molar-refractivity contribution is 8.24. The molecule has 0 N–H and O–H groups in total. The molecule has 0 unspecified atom stereocenters. The van der Waals surface area contributed by atoms with Crippen molar-refractivity contribution in [3.63, 3.8) is 0 Å². The first kappa shape index (κ1) is 11.3. The van der Waals surface area contributed by atoms with Crippen molar-refractivity contribution < 1.29 is 0 Å². The molecule has 98 valence electrons. The molecular weight excluding hydrogens is 268 g/mol. The Morgan fingerprint density at radius 2 is 1.26 bits per heavy atom. The number of thioether (sulfide) groups is 2. The van der Waals surface area contributed by atoms with Crippen molar-refractivity contribution in [2.45, 2.75) is 41.9 Å². The molecule has 2 heteroatoms. The Balaban J connectivity index is 1.55. The highest BCUT2D eigenvalue weighted by Gasteiger charge is 2.46. The zero-order chi connectivity index (χ0) is 12.4. The van der Waals surface area contributed by atoms with Crippen LogP contribution in [0.15, 0.2) is 43.9 Å². The summed E-state index contributed by atoms with van der Waals surface area (Å²) in [5, 5.41) is 0. The second kappa shape index (κ2) is 4.08. The molecule has 6 rings (SSSR count). The number of rotatable bonds is 0. The van der Waals surface area contributed by atoms with E-state index in [1.165, 1.54) is 35.5 Å². The SMILES string of the molecule is c1ccc2c(c1)SC(=C1C3CC4CC(C3)CC1C4)S2. The molecule has 1 heterocycles. The van der Waals surface area contributed by atoms with Crippen molar-refractivity contribution in [3.8, 4) is 0 Å². The van der Waals surface area contributed by atoms with Crippen molar-refractivity contribution in [2.24, 2.45) is 23.7 Å². The molecule has 4 fully saturated rings. The van der Waals surface area contributed by atoms with Gasteiger partial charge in [-0.25, -0.2) is 0 Å². The summed E-state index contributed by atoms with van der Waals surface area (Å²) in [6.07, 6.45) is 7.56. The van der Waals surface area contributed by atoms with Gasteiger partial charge in [-0.15, -0.1) is 0 Å². The lowest BCUT2D eigenvalue weighted by Gasteiger charge is -2.51. The maximum absolute atomic E-state index is 2.29. The molecule has 0 amide bonds. The summed E-state index contributed by atoms with van der Waals surface area (Å²) in [5.41, 5.74) is 1.87.